The third-order valence-corrected chi connectivity index (χ3v) is 3.94. The van der Waals surface area contributed by atoms with E-state index in [1.165, 1.54) is 6.07 Å². The van der Waals surface area contributed by atoms with Crippen LogP contribution >= 0.6 is 0 Å². The average molecular weight is 305 g/mol. The summed E-state index contributed by atoms with van der Waals surface area (Å²) < 4.78 is 28.0. The van der Waals surface area contributed by atoms with Crippen LogP contribution in [0.15, 0.2) is 30.6 Å². The number of hydrogen-bond acceptors (Lipinski definition) is 2. The van der Waals surface area contributed by atoms with Gasteiger partial charge in [-0.1, -0.05) is 6.07 Å². The molecular weight excluding hydrogens is 288 g/mol. The first-order chi connectivity index (χ1) is 10.6. The van der Waals surface area contributed by atoms with Gasteiger partial charge in [-0.3, -0.25) is 4.79 Å². The van der Waals surface area contributed by atoms with Crippen molar-refractivity contribution in [1.29, 1.82) is 0 Å². The fourth-order valence-electron chi connectivity index (χ4n) is 2.68. The maximum Gasteiger partial charge on any atom is 0.223 e. The highest BCUT2D eigenvalue weighted by molar-refractivity contribution is 5.76. The molecule has 0 spiro atoms. The second kappa shape index (κ2) is 6.25. The number of benzene rings is 1. The second-order valence-corrected chi connectivity index (χ2v) is 5.45. The van der Waals surface area contributed by atoms with Gasteiger partial charge in [0.15, 0.2) is 11.6 Å². The molecule has 0 saturated carbocycles. The maximum atomic E-state index is 13.1. The van der Waals surface area contributed by atoms with Gasteiger partial charge in [0.25, 0.3) is 0 Å². The molecule has 0 atom stereocenters. The quantitative estimate of drug-likeness (QED) is 0.870. The summed E-state index contributed by atoms with van der Waals surface area (Å²) in [6.07, 6.45) is 5.24. The van der Waals surface area contributed by atoms with E-state index in [1.807, 2.05) is 10.8 Å². The van der Waals surface area contributed by atoms with E-state index in [2.05, 4.69) is 4.98 Å². The molecule has 1 aromatic heterocycles. The number of amides is 1. The van der Waals surface area contributed by atoms with E-state index in [1.54, 1.807) is 17.2 Å². The minimum absolute atomic E-state index is 0.0804. The molecule has 1 aliphatic heterocycles. The number of carbonyl (C=O) groups is 1. The van der Waals surface area contributed by atoms with Crippen molar-refractivity contribution >= 4 is 5.91 Å². The molecule has 3 rings (SSSR count). The van der Waals surface area contributed by atoms with Gasteiger partial charge in [0.2, 0.25) is 5.91 Å². The highest BCUT2D eigenvalue weighted by Gasteiger charge is 2.20. The van der Waals surface area contributed by atoms with Gasteiger partial charge in [-0.25, -0.2) is 13.8 Å². The summed E-state index contributed by atoms with van der Waals surface area (Å²) in [5.41, 5.74) is 0.709. The van der Waals surface area contributed by atoms with Crippen molar-refractivity contribution in [3.05, 3.63) is 53.6 Å². The molecule has 0 N–H and O–H groups in total. The summed E-state index contributed by atoms with van der Waals surface area (Å²) in [6.45, 7) is 1.99. The minimum Gasteiger partial charge on any atom is -0.333 e. The van der Waals surface area contributed by atoms with Crippen molar-refractivity contribution in [3.63, 3.8) is 0 Å². The summed E-state index contributed by atoms with van der Waals surface area (Å²) in [5.74, 6) is -0.702. The van der Waals surface area contributed by atoms with E-state index in [-0.39, 0.29) is 5.91 Å². The molecule has 0 saturated heterocycles. The fraction of sp³-hybridized carbons (Fsp3) is 0.375. The number of halogens is 2. The van der Waals surface area contributed by atoms with Crippen molar-refractivity contribution in [3.8, 4) is 0 Å². The third kappa shape index (κ3) is 3.16. The van der Waals surface area contributed by atoms with Crippen LogP contribution in [0.25, 0.3) is 0 Å². The molecule has 0 radical (unpaired) electrons. The first-order valence-corrected chi connectivity index (χ1v) is 7.35. The Labute approximate surface area is 127 Å². The largest absolute Gasteiger partial charge is 0.333 e. The summed E-state index contributed by atoms with van der Waals surface area (Å²) >= 11 is 0. The Morgan fingerprint density at radius 3 is 2.91 bits per heavy atom. The fourth-order valence-corrected chi connectivity index (χ4v) is 2.68. The van der Waals surface area contributed by atoms with Crippen molar-refractivity contribution in [1.82, 2.24) is 14.5 Å². The van der Waals surface area contributed by atoms with E-state index >= 15 is 0 Å². The van der Waals surface area contributed by atoms with Crippen LogP contribution in [-0.4, -0.2) is 26.9 Å². The molecule has 6 heteroatoms. The number of imidazole rings is 1. The van der Waals surface area contributed by atoms with Gasteiger partial charge in [0.05, 0.1) is 6.54 Å². The van der Waals surface area contributed by atoms with E-state index in [0.29, 0.717) is 37.9 Å². The zero-order chi connectivity index (χ0) is 15.5. The molecule has 0 fully saturated rings. The van der Waals surface area contributed by atoms with E-state index in [9.17, 15) is 13.6 Å². The summed E-state index contributed by atoms with van der Waals surface area (Å²) in [4.78, 5) is 18.2. The molecule has 0 bridgehead atoms. The van der Waals surface area contributed by atoms with Gasteiger partial charge in [-0.2, -0.15) is 0 Å². The number of fused-ring (bicyclic) bond motifs is 1. The van der Waals surface area contributed by atoms with Gasteiger partial charge >= 0.3 is 0 Å². The smallest absolute Gasteiger partial charge is 0.223 e. The van der Waals surface area contributed by atoms with E-state index in [0.717, 1.165) is 18.4 Å². The van der Waals surface area contributed by atoms with Crippen LogP contribution in [0.3, 0.4) is 0 Å². The highest BCUT2D eigenvalue weighted by Crippen LogP contribution is 2.14. The van der Waals surface area contributed by atoms with Crippen LogP contribution in [0.2, 0.25) is 0 Å². The molecule has 1 aliphatic rings. The Bertz CT molecular complexity index is 684. The lowest BCUT2D eigenvalue weighted by Gasteiger charge is -2.27. The molecule has 0 unspecified atom stereocenters. The molecule has 1 amide bonds. The number of rotatable bonds is 4. The number of aromatic nitrogens is 2. The Hall–Kier alpha value is -2.24. The predicted molar refractivity (Wildman–Crippen MR) is 76.9 cm³/mol. The summed E-state index contributed by atoms with van der Waals surface area (Å²) in [5, 5.41) is 0. The lowest BCUT2D eigenvalue weighted by atomic mass is 10.1. The van der Waals surface area contributed by atoms with Crippen LogP contribution in [0.4, 0.5) is 8.78 Å². The van der Waals surface area contributed by atoms with Crippen molar-refractivity contribution in [2.45, 2.75) is 32.4 Å². The monoisotopic (exact) mass is 305 g/mol. The lowest BCUT2D eigenvalue weighted by Crippen LogP contribution is -2.38. The van der Waals surface area contributed by atoms with Crippen LogP contribution in [0.1, 0.15) is 24.2 Å². The Morgan fingerprint density at radius 2 is 2.09 bits per heavy atom. The molecular formula is C16H17F2N3O. The van der Waals surface area contributed by atoms with Crippen LogP contribution in [-0.2, 0) is 24.3 Å². The number of aryl methyl sites for hydroxylation is 1. The molecule has 2 heterocycles. The second-order valence-electron chi connectivity index (χ2n) is 5.45. The van der Waals surface area contributed by atoms with Gasteiger partial charge in [-0.05, 0) is 30.5 Å². The van der Waals surface area contributed by atoms with Gasteiger partial charge in [0.1, 0.15) is 5.82 Å². The summed E-state index contributed by atoms with van der Waals surface area (Å²) in [6, 6.07) is 3.87. The van der Waals surface area contributed by atoms with Crippen LogP contribution in [0, 0.1) is 11.6 Å². The maximum absolute atomic E-state index is 13.1. The standard InChI is InChI=1S/C16H17F2N3O/c17-13-5-4-12(10-14(13)18)2-1-3-16(22)21-9-8-20-7-6-19-15(20)11-21/h4-7,10H,1-3,8-9,11H2. The molecule has 1 aromatic carbocycles. The van der Waals surface area contributed by atoms with E-state index < -0.39 is 11.6 Å². The normalized spacial score (nSPS) is 14.0. The zero-order valence-electron chi connectivity index (χ0n) is 12.1. The Kier molecular flexibility index (Phi) is 4.18. The number of carbonyl (C=O) groups excluding carboxylic acids is 1. The zero-order valence-corrected chi connectivity index (χ0v) is 12.1. The van der Waals surface area contributed by atoms with E-state index in [4.69, 9.17) is 0 Å². The van der Waals surface area contributed by atoms with Gasteiger partial charge in [-0.15, -0.1) is 0 Å². The van der Waals surface area contributed by atoms with Crippen molar-refractivity contribution in [2.24, 2.45) is 0 Å². The highest BCUT2D eigenvalue weighted by atomic mass is 19.2. The van der Waals surface area contributed by atoms with Crippen LogP contribution < -0.4 is 0 Å². The molecule has 2 aromatic rings. The topological polar surface area (TPSA) is 38.1 Å². The molecule has 116 valence electrons. The predicted octanol–water partition coefficient (Wildman–Crippen LogP) is 2.53. The van der Waals surface area contributed by atoms with Crippen LogP contribution in [0.5, 0.6) is 0 Å². The molecule has 4 nitrogen and oxygen atoms in total. The average Bonchev–Trinajstić information content (AvgIpc) is 2.98. The number of nitrogens with zero attached hydrogens (tertiary/aromatic N) is 3. The van der Waals surface area contributed by atoms with Gasteiger partial charge < -0.3 is 9.47 Å². The molecule has 0 aliphatic carbocycles. The number of hydrogen-bond donors (Lipinski definition) is 0. The Balaban J connectivity index is 1.49. The third-order valence-electron chi connectivity index (χ3n) is 3.94. The Morgan fingerprint density at radius 1 is 1.23 bits per heavy atom. The first kappa shape index (κ1) is 14.7. The SMILES string of the molecule is O=C(CCCc1ccc(F)c(F)c1)N1CCn2ccnc2C1. The first-order valence-electron chi connectivity index (χ1n) is 7.35. The minimum atomic E-state index is -0.844. The van der Waals surface area contributed by atoms with Crippen molar-refractivity contribution in [2.75, 3.05) is 6.54 Å². The molecule has 22 heavy (non-hydrogen) atoms. The van der Waals surface area contributed by atoms with Gasteiger partial charge in [0, 0.05) is 31.9 Å². The lowest BCUT2D eigenvalue weighted by molar-refractivity contribution is -0.132. The van der Waals surface area contributed by atoms with Crippen molar-refractivity contribution < 1.29 is 13.6 Å². The summed E-state index contributed by atoms with van der Waals surface area (Å²) in [7, 11) is 0.